The summed E-state index contributed by atoms with van der Waals surface area (Å²) in [6, 6.07) is 9.79. The molecule has 1 heterocycles. The third-order valence-corrected chi connectivity index (χ3v) is 4.60. The van der Waals surface area contributed by atoms with Crippen molar-refractivity contribution in [3.63, 3.8) is 0 Å². The van der Waals surface area contributed by atoms with Gasteiger partial charge in [-0.05, 0) is 45.0 Å². The second-order valence-electron chi connectivity index (χ2n) is 6.68. The second-order valence-corrected chi connectivity index (χ2v) is 6.68. The van der Waals surface area contributed by atoms with Gasteiger partial charge in [-0.25, -0.2) is 0 Å². The third-order valence-electron chi connectivity index (χ3n) is 4.60. The first kappa shape index (κ1) is 20.2. The molecular weight excluding hydrogens is 334 g/mol. The topological polar surface area (TPSA) is 82.1 Å². The van der Waals surface area contributed by atoms with E-state index in [-0.39, 0.29) is 18.5 Å². The number of carbonyl (C=O) groups is 2. The van der Waals surface area contributed by atoms with Crippen molar-refractivity contribution in [2.24, 2.45) is 0 Å². The highest BCUT2D eigenvalue weighted by Gasteiger charge is 2.22. The van der Waals surface area contributed by atoms with Gasteiger partial charge in [-0.1, -0.05) is 18.2 Å². The Morgan fingerprint density at radius 1 is 1.27 bits per heavy atom. The molecule has 144 valence electrons. The molecule has 1 atom stereocenters. The van der Waals surface area contributed by atoms with Gasteiger partial charge >= 0.3 is 5.97 Å². The summed E-state index contributed by atoms with van der Waals surface area (Å²) in [5.74, 6) is -0.00417. The lowest BCUT2D eigenvalue weighted by Gasteiger charge is -2.25. The number of nitrogens with zero attached hydrogens (tertiary/aromatic N) is 2. The van der Waals surface area contributed by atoms with Crippen LogP contribution in [-0.4, -0.2) is 79.2 Å². The van der Waals surface area contributed by atoms with Gasteiger partial charge in [-0.3, -0.25) is 19.4 Å². The predicted octanol–water partition coefficient (Wildman–Crippen LogP) is 1.05. The summed E-state index contributed by atoms with van der Waals surface area (Å²) >= 11 is 0. The molecule has 7 heteroatoms. The molecule has 26 heavy (non-hydrogen) atoms. The quantitative estimate of drug-likeness (QED) is 0.639. The summed E-state index contributed by atoms with van der Waals surface area (Å²) in [6.45, 7) is 3.03. The zero-order valence-corrected chi connectivity index (χ0v) is 15.4. The summed E-state index contributed by atoms with van der Waals surface area (Å²) in [6.07, 6.45) is 2.82. The van der Waals surface area contributed by atoms with Gasteiger partial charge in [0.2, 0.25) is 5.91 Å². The van der Waals surface area contributed by atoms with Crippen molar-refractivity contribution < 1.29 is 19.4 Å². The number of ether oxygens (including phenoxy) is 1. The SMILES string of the molecule is CN(CC(=O)O)C1CCCN(CC(=O)NCCOc2ccccc2)CC1. The van der Waals surface area contributed by atoms with Crippen molar-refractivity contribution in [1.82, 2.24) is 15.1 Å². The number of aliphatic carboxylic acids is 1. The average molecular weight is 363 g/mol. The maximum atomic E-state index is 12.1. The Labute approximate surface area is 154 Å². The zero-order chi connectivity index (χ0) is 18.8. The van der Waals surface area contributed by atoms with Crippen molar-refractivity contribution >= 4 is 11.9 Å². The highest BCUT2D eigenvalue weighted by molar-refractivity contribution is 5.78. The van der Waals surface area contributed by atoms with Crippen LogP contribution in [-0.2, 0) is 9.59 Å². The standard InChI is InChI=1S/C19H29N3O4/c1-21(15-19(24)25)16-6-5-11-22(12-9-16)14-18(23)20-10-13-26-17-7-3-2-4-8-17/h2-4,7-8,16H,5-6,9-15H2,1H3,(H,20,23)(H,24,25). The van der Waals surface area contributed by atoms with Crippen LogP contribution in [0.1, 0.15) is 19.3 Å². The number of likely N-dealkylation sites (tertiary alicyclic amines) is 1. The molecule has 2 rings (SSSR count). The van der Waals surface area contributed by atoms with Crippen molar-refractivity contribution in [2.75, 3.05) is 46.4 Å². The van der Waals surface area contributed by atoms with E-state index in [1.165, 1.54) is 0 Å². The molecule has 1 unspecified atom stereocenters. The summed E-state index contributed by atoms with van der Waals surface area (Å²) in [7, 11) is 1.86. The minimum absolute atomic E-state index is 0.000924. The summed E-state index contributed by atoms with van der Waals surface area (Å²) in [5.41, 5.74) is 0. The molecule has 1 aromatic carbocycles. The fourth-order valence-corrected chi connectivity index (χ4v) is 3.21. The Balaban J connectivity index is 1.63. The maximum Gasteiger partial charge on any atom is 0.317 e. The minimum Gasteiger partial charge on any atom is -0.492 e. The number of hydrogen-bond donors (Lipinski definition) is 2. The molecule has 0 spiro atoms. The van der Waals surface area contributed by atoms with Gasteiger partial charge in [0.15, 0.2) is 0 Å². The average Bonchev–Trinajstić information content (AvgIpc) is 2.85. The molecule has 1 aliphatic rings. The van der Waals surface area contributed by atoms with E-state index in [4.69, 9.17) is 9.84 Å². The first-order valence-electron chi connectivity index (χ1n) is 9.13. The fraction of sp³-hybridized carbons (Fsp3) is 0.579. The summed E-state index contributed by atoms with van der Waals surface area (Å²) in [4.78, 5) is 27.0. The molecule has 2 N–H and O–H groups in total. The van der Waals surface area contributed by atoms with Crippen LogP contribution in [0, 0.1) is 0 Å². The number of likely N-dealkylation sites (N-methyl/N-ethyl adjacent to an activating group) is 1. The van der Waals surface area contributed by atoms with Crippen LogP contribution in [0.2, 0.25) is 0 Å². The zero-order valence-electron chi connectivity index (χ0n) is 15.4. The normalized spacial score (nSPS) is 18.3. The molecule has 1 amide bonds. The number of nitrogens with one attached hydrogen (secondary N) is 1. The van der Waals surface area contributed by atoms with Gasteiger partial charge < -0.3 is 15.2 Å². The second kappa shape index (κ2) is 10.8. The number of benzene rings is 1. The summed E-state index contributed by atoms with van der Waals surface area (Å²) < 4.78 is 5.56. The van der Waals surface area contributed by atoms with E-state index in [9.17, 15) is 9.59 Å². The van der Waals surface area contributed by atoms with Crippen LogP contribution in [0.15, 0.2) is 30.3 Å². The Kier molecular flexibility index (Phi) is 8.37. The first-order chi connectivity index (χ1) is 12.5. The molecule has 0 saturated carbocycles. The van der Waals surface area contributed by atoms with Gasteiger partial charge in [0, 0.05) is 12.6 Å². The Morgan fingerprint density at radius 2 is 2.04 bits per heavy atom. The smallest absolute Gasteiger partial charge is 0.317 e. The molecular formula is C19H29N3O4. The number of carboxylic acids is 1. The third kappa shape index (κ3) is 7.41. The van der Waals surface area contributed by atoms with Gasteiger partial charge in [0.1, 0.15) is 12.4 Å². The highest BCUT2D eigenvalue weighted by Crippen LogP contribution is 2.15. The molecule has 0 radical (unpaired) electrons. The van der Waals surface area contributed by atoms with Crippen LogP contribution in [0.4, 0.5) is 0 Å². The lowest BCUT2D eigenvalue weighted by atomic mass is 10.1. The van der Waals surface area contributed by atoms with Gasteiger partial charge in [0.05, 0.1) is 19.6 Å². The van der Waals surface area contributed by atoms with Crippen molar-refractivity contribution in [3.8, 4) is 5.75 Å². The van der Waals surface area contributed by atoms with Crippen LogP contribution < -0.4 is 10.1 Å². The van der Waals surface area contributed by atoms with E-state index in [2.05, 4.69) is 10.2 Å². The first-order valence-corrected chi connectivity index (χ1v) is 9.13. The van der Waals surface area contributed by atoms with E-state index in [1.807, 2.05) is 42.3 Å². The van der Waals surface area contributed by atoms with Crippen LogP contribution in [0.5, 0.6) is 5.75 Å². The number of rotatable bonds is 9. The molecule has 7 nitrogen and oxygen atoms in total. The molecule has 1 fully saturated rings. The molecule has 1 saturated heterocycles. The predicted molar refractivity (Wildman–Crippen MR) is 99.3 cm³/mol. The monoisotopic (exact) mass is 363 g/mol. The Hall–Kier alpha value is -2.12. The number of carboxylic acid groups (broad SMARTS) is 1. The summed E-state index contributed by atoms with van der Waals surface area (Å²) in [5, 5.41) is 11.8. The van der Waals surface area contributed by atoms with Gasteiger partial charge in [-0.2, -0.15) is 0 Å². The van der Waals surface area contributed by atoms with Crippen LogP contribution >= 0.6 is 0 Å². The highest BCUT2D eigenvalue weighted by atomic mass is 16.5. The molecule has 0 aromatic heterocycles. The van der Waals surface area contributed by atoms with E-state index in [0.29, 0.717) is 19.7 Å². The van der Waals surface area contributed by atoms with Crippen molar-refractivity contribution in [1.29, 1.82) is 0 Å². The Morgan fingerprint density at radius 3 is 2.77 bits per heavy atom. The molecule has 1 aliphatic heterocycles. The van der Waals surface area contributed by atoms with E-state index in [1.54, 1.807) is 0 Å². The van der Waals surface area contributed by atoms with Crippen LogP contribution in [0.25, 0.3) is 0 Å². The molecule has 0 aliphatic carbocycles. The number of hydrogen-bond acceptors (Lipinski definition) is 5. The van der Waals surface area contributed by atoms with Crippen molar-refractivity contribution in [3.05, 3.63) is 30.3 Å². The maximum absolute atomic E-state index is 12.1. The van der Waals surface area contributed by atoms with Crippen LogP contribution in [0.3, 0.4) is 0 Å². The van der Waals surface area contributed by atoms with Gasteiger partial charge in [-0.15, -0.1) is 0 Å². The lowest BCUT2D eigenvalue weighted by molar-refractivity contribution is -0.138. The minimum atomic E-state index is -0.800. The van der Waals surface area contributed by atoms with E-state index in [0.717, 1.165) is 38.1 Å². The number of amides is 1. The van der Waals surface area contributed by atoms with Crippen molar-refractivity contribution in [2.45, 2.75) is 25.3 Å². The number of para-hydroxylation sites is 1. The molecule has 1 aromatic rings. The fourth-order valence-electron chi connectivity index (χ4n) is 3.21. The van der Waals surface area contributed by atoms with E-state index < -0.39 is 5.97 Å². The lowest BCUT2D eigenvalue weighted by Crippen LogP contribution is -2.40. The largest absolute Gasteiger partial charge is 0.492 e. The van der Waals surface area contributed by atoms with Gasteiger partial charge in [0.25, 0.3) is 0 Å². The Bertz CT molecular complexity index is 567. The van der Waals surface area contributed by atoms with E-state index >= 15 is 0 Å². The number of carbonyl (C=O) groups excluding carboxylic acids is 1. The molecule has 0 bridgehead atoms.